The van der Waals surface area contributed by atoms with E-state index in [4.69, 9.17) is 9.47 Å². The smallest absolute Gasteiger partial charge is 0.416 e. The fourth-order valence-corrected chi connectivity index (χ4v) is 5.77. The van der Waals surface area contributed by atoms with E-state index in [1.807, 2.05) is 0 Å². The number of esters is 1. The van der Waals surface area contributed by atoms with Gasteiger partial charge < -0.3 is 19.3 Å². The molecule has 0 N–H and O–H groups in total. The molecule has 36 heavy (non-hydrogen) atoms. The number of hydrogen-bond donors (Lipinski definition) is 0. The summed E-state index contributed by atoms with van der Waals surface area (Å²) in [7, 11) is 0. The van der Waals surface area contributed by atoms with Crippen LogP contribution in [-0.4, -0.2) is 91.2 Å². The summed E-state index contributed by atoms with van der Waals surface area (Å²) in [4.78, 5) is 32.6. The van der Waals surface area contributed by atoms with Crippen LogP contribution in [0.3, 0.4) is 0 Å². The Balaban J connectivity index is 1.27. The quantitative estimate of drug-likeness (QED) is 0.584. The third kappa shape index (κ3) is 4.90. The molecule has 1 amide bonds. The number of hydrogen-bond acceptors (Lipinski definition) is 6. The highest BCUT2D eigenvalue weighted by Gasteiger charge is 2.51. The van der Waals surface area contributed by atoms with Crippen molar-refractivity contribution in [3.05, 3.63) is 46.0 Å². The van der Waals surface area contributed by atoms with Crippen LogP contribution in [0.4, 0.5) is 13.2 Å². The lowest BCUT2D eigenvalue weighted by molar-refractivity contribution is -0.151. The average Bonchev–Trinajstić information content (AvgIpc) is 3.11. The Morgan fingerprint density at radius 1 is 1.00 bits per heavy atom. The van der Waals surface area contributed by atoms with E-state index in [9.17, 15) is 22.8 Å². The van der Waals surface area contributed by atoms with Gasteiger partial charge in [-0.05, 0) is 36.6 Å². The normalized spacial score (nSPS) is 23.2. The number of nitrogens with zero attached hydrogens (tertiary/aromatic N) is 3. The van der Waals surface area contributed by atoms with Gasteiger partial charge in [0.1, 0.15) is 5.60 Å². The molecule has 1 aromatic carbocycles. The highest BCUT2D eigenvalue weighted by atomic mass is 19.4. The van der Waals surface area contributed by atoms with Crippen molar-refractivity contribution in [3.63, 3.8) is 0 Å². The first-order chi connectivity index (χ1) is 17.2. The van der Waals surface area contributed by atoms with Crippen LogP contribution in [-0.2, 0) is 38.2 Å². The molecule has 0 aromatic heterocycles. The second kappa shape index (κ2) is 9.79. The first-order valence-corrected chi connectivity index (χ1v) is 12.6. The lowest BCUT2D eigenvalue weighted by atomic mass is 9.82. The SMILES string of the molecule is CC1=C(C(=O)N2CCc3ccc(C(F)(F)F)cc3C2)C2(CCN(CCN3CCOCC3)CC2)OC1=O. The van der Waals surface area contributed by atoms with Crippen LogP contribution < -0.4 is 0 Å². The van der Waals surface area contributed by atoms with E-state index in [0.29, 0.717) is 55.6 Å². The molecule has 0 atom stereocenters. The zero-order valence-corrected chi connectivity index (χ0v) is 20.5. The number of ether oxygens (including phenoxy) is 2. The summed E-state index contributed by atoms with van der Waals surface area (Å²) in [6.07, 6.45) is -2.90. The minimum Gasteiger partial charge on any atom is -0.450 e. The minimum absolute atomic E-state index is 0.0881. The number of fused-ring (bicyclic) bond motifs is 1. The first-order valence-electron chi connectivity index (χ1n) is 12.6. The van der Waals surface area contributed by atoms with Crippen LogP contribution >= 0.6 is 0 Å². The van der Waals surface area contributed by atoms with Crippen LogP contribution in [0.15, 0.2) is 29.3 Å². The van der Waals surface area contributed by atoms with Gasteiger partial charge in [0.15, 0.2) is 0 Å². The Morgan fingerprint density at radius 3 is 2.33 bits per heavy atom. The van der Waals surface area contributed by atoms with E-state index >= 15 is 0 Å². The van der Waals surface area contributed by atoms with E-state index in [1.54, 1.807) is 11.8 Å². The fourth-order valence-electron chi connectivity index (χ4n) is 5.77. The highest BCUT2D eigenvalue weighted by molar-refractivity contribution is 6.07. The van der Waals surface area contributed by atoms with Crippen LogP contribution in [0, 0.1) is 0 Å². The standard InChI is InChI=1S/C26H32F3N3O4/c1-18-22(23(33)32-7-4-19-2-3-21(26(27,28)29)16-20(19)17-32)25(36-24(18)34)5-8-30(9-6-25)10-11-31-12-14-35-15-13-31/h2-3,16H,4-15,17H2,1H3. The van der Waals surface area contributed by atoms with Crippen molar-refractivity contribution >= 4 is 11.9 Å². The van der Waals surface area contributed by atoms with Gasteiger partial charge in [0, 0.05) is 70.8 Å². The molecular weight excluding hydrogens is 475 g/mol. The van der Waals surface area contributed by atoms with Crippen molar-refractivity contribution < 1.29 is 32.2 Å². The summed E-state index contributed by atoms with van der Waals surface area (Å²) in [5.41, 5.74) is 0.347. The molecule has 4 aliphatic heterocycles. The number of benzene rings is 1. The van der Waals surface area contributed by atoms with Gasteiger partial charge in [0.05, 0.1) is 24.4 Å². The number of piperidine rings is 1. The number of carbonyl (C=O) groups excluding carboxylic acids is 2. The van der Waals surface area contributed by atoms with Crippen LogP contribution in [0.1, 0.15) is 36.5 Å². The minimum atomic E-state index is -4.44. The Morgan fingerprint density at radius 2 is 1.67 bits per heavy atom. The molecule has 0 unspecified atom stereocenters. The molecule has 0 radical (unpaired) electrons. The molecule has 1 spiro atoms. The third-order valence-electron chi connectivity index (χ3n) is 7.97. The lowest BCUT2D eigenvalue weighted by Crippen LogP contribution is -2.51. The molecular formula is C26H32F3N3O4. The van der Waals surface area contributed by atoms with Gasteiger partial charge in [-0.3, -0.25) is 9.69 Å². The Hall–Kier alpha value is -2.43. The third-order valence-corrected chi connectivity index (χ3v) is 7.97. The zero-order valence-electron chi connectivity index (χ0n) is 20.5. The number of amides is 1. The van der Waals surface area contributed by atoms with E-state index in [2.05, 4.69) is 9.80 Å². The highest BCUT2D eigenvalue weighted by Crippen LogP contribution is 2.42. The van der Waals surface area contributed by atoms with Gasteiger partial charge in [0.25, 0.3) is 5.91 Å². The van der Waals surface area contributed by atoms with E-state index in [1.165, 1.54) is 6.07 Å². The van der Waals surface area contributed by atoms with Crippen LogP contribution in [0.2, 0.25) is 0 Å². The number of morpholine rings is 1. The van der Waals surface area contributed by atoms with Crippen molar-refractivity contribution in [3.8, 4) is 0 Å². The van der Waals surface area contributed by atoms with E-state index < -0.39 is 23.3 Å². The number of likely N-dealkylation sites (tertiary alicyclic amines) is 1. The summed E-state index contributed by atoms with van der Waals surface area (Å²) in [6, 6.07) is 3.73. The summed E-state index contributed by atoms with van der Waals surface area (Å²) in [5.74, 6) is -0.778. The topological polar surface area (TPSA) is 62.3 Å². The van der Waals surface area contributed by atoms with Crippen molar-refractivity contribution in [1.29, 1.82) is 0 Å². The van der Waals surface area contributed by atoms with Crippen molar-refractivity contribution in [1.82, 2.24) is 14.7 Å². The second-order valence-corrected chi connectivity index (χ2v) is 10.1. The predicted octanol–water partition coefficient (Wildman–Crippen LogP) is 2.63. The van der Waals surface area contributed by atoms with Crippen LogP contribution in [0.5, 0.6) is 0 Å². The molecule has 0 saturated carbocycles. The largest absolute Gasteiger partial charge is 0.450 e. The zero-order chi connectivity index (χ0) is 25.5. The molecule has 4 aliphatic rings. The predicted molar refractivity (Wildman–Crippen MR) is 125 cm³/mol. The first kappa shape index (κ1) is 25.2. The van der Waals surface area contributed by atoms with Gasteiger partial charge in [-0.1, -0.05) is 6.07 Å². The van der Waals surface area contributed by atoms with Crippen molar-refractivity contribution in [2.75, 3.05) is 59.0 Å². The monoisotopic (exact) mass is 507 g/mol. The maximum absolute atomic E-state index is 13.7. The van der Waals surface area contributed by atoms with Gasteiger partial charge >= 0.3 is 12.1 Å². The molecule has 0 aliphatic carbocycles. The van der Waals surface area contributed by atoms with Crippen LogP contribution in [0.25, 0.3) is 0 Å². The molecule has 4 heterocycles. The van der Waals surface area contributed by atoms with E-state index in [-0.39, 0.29) is 12.5 Å². The second-order valence-electron chi connectivity index (χ2n) is 10.1. The van der Waals surface area contributed by atoms with E-state index in [0.717, 1.165) is 57.1 Å². The molecule has 1 aromatic rings. The molecule has 0 bridgehead atoms. The maximum atomic E-state index is 13.7. The summed E-state index contributed by atoms with van der Waals surface area (Å²) in [5, 5.41) is 0. The van der Waals surface area contributed by atoms with Gasteiger partial charge in [-0.25, -0.2) is 4.79 Å². The van der Waals surface area contributed by atoms with Gasteiger partial charge in [-0.2, -0.15) is 13.2 Å². The Bertz CT molecular complexity index is 1060. The maximum Gasteiger partial charge on any atom is 0.416 e. The Kier molecular flexibility index (Phi) is 6.86. The lowest BCUT2D eigenvalue weighted by Gasteiger charge is -2.41. The molecule has 7 nitrogen and oxygen atoms in total. The average molecular weight is 508 g/mol. The summed E-state index contributed by atoms with van der Waals surface area (Å²) < 4.78 is 50.9. The van der Waals surface area contributed by atoms with Crippen molar-refractivity contribution in [2.24, 2.45) is 0 Å². The summed E-state index contributed by atoms with van der Waals surface area (Å²) in [6.45, 7) is 8.74. The molecule has 2 fully saturated rings. The molecule has 10 heteroatoms. The molecule has 196 valence electrons. The molecule has 5 rings (SSSR count). The van der Waals surface area contributed by atoms with Crippen molar-refractivity contribution in [2.45, 2.75) is 44.5 Å². The molecule has 2 saturated heterocycles. The number of rotatable bonds is 4. The number of carbonyl (C=O) groups is 2. The summed E-state index contributed by atoms with van der Waals surface area (Å²) >= 11 is 0. The van der Waals surface area contributed by atoms with Gasteiger partial charge in [0.2, 0.25) is 0 Å². The number of halogens is 3. The number of alkyl halides is 3. The van der Waals surface area contributed by atoms with Gasteiger partial charge in [-0.15, -0.1) is 0 Å². The fraction of sp³-hybridized carbons (Fsp3) is 0.615. The Labute approximate surface area is 208 Å².